The summed E-state index contributed by atoms with van der Waals surface area (Å²) in [6.45, 7) is 0. The van der Waals surface area contributed by atoms with Crippen LogP contribution < -0.4 is 15.7 Å². The molecule has 0 unspecified atom stereocenters. The van der Waals surface area contributed by atoms with Crippen molar-refractivity contribution >= 4 is 34.3 Å². The van der Waals surface area contributed by atoms with E-state index in [4.69, 9.17) is 9.15 Å². The summed E-state index contributed by atoms with van der Waals surface area (Å²) in [5.74, 6) is 0.00949. The second-order valence-corrected chi connectivity index (χ2v) is 5.53. The number of rotatable bonds is 5. The van der Waals surface area contributed by atoms with Gasteiger partial charge in [-0.25, -0.2) is 4.79 Å². The third kappa shape index (κ3) is 4.18. The van der Waals surface area contributed by atoms with Crippen LogP contribution in [0.25, 0.3) is 17.0 Å². The number of anilines is 1. The first-order chi connectivity index (χ1) is 13.0. The third-order valence-corrected chi connectivity index (χ3v) is 3.71. The highest BCUT2D eigenvalue weighted by molar-refractivity contribution is 6.02. The van der Waals surface area contributed by atoms with E-state index in [-0.39, 0.29) is 11.4 Å². The van der Waals surface area contributed by atoms with Crippen LogP contribution in [0.5, 0.6) is 5.75 Å². The summed E-state index contributed by atoms with van der Waals surface area (Å²) in [7, 11) is 1.52. The number of hydrogen-bond donors (Lipinski definition) is 1. The molecule has 1 heterocycles. The molecule has 0 aliphatic rings. The quantitative estimate of drug-likeness (QED) is 0.321. The van der Waals surface area contributed by atoms with E-state index in [1.807, 2.05) is 0 Å². The number of nitrogens with zero attached hydrogens (tertiary/aromatic N) is 1. The number of benzene rings is 2. The maximum absolute atomic E-state index is 12.1. The van der Waals surface area contributed by atoms with Crippen molar-refractivity contribution in [2.24, 2.45) is 0 Å². The molecular weight excluding hydrogens is 352 g/mol. The van der Waals surface area contributed by atoms with Crippen LogP contribution in [-0.4, -0.2) is 17.9 Å². The van der Waals surface area contributed by atoms with Crippen LogP contribution in [0, 0.1) is 10.1 Å². The van der Waals surface area contributed by atoms with Gasteiger partial charge in [0.05, 0.1) is 12.0 Å². The van der Waals surface area contributed by atoms with Gasteiger partial charge >= 0.3 is 5.63 Å². The maximum Gasteiger partial charge on any atom is 0.360 e. The second kappa shape index (κ2) is 7.52. The number of nitro benzene ring substituents is 1. The molecule has 1 N–H and O–H groups in total. The number of carbonyl (C=O) groups is 1. The van der Waals surface area contributed by atoms with Crippen LogP contribution in [0.1, 0.15) is 5.56 Å². The monoisotopic (exact) mass is 366 g/mol. The first-order valence-electron chi connectivity index (χ1n) is 7.82. The highest BCUT2D eigenvalue weighted by Crippen LogP contribution is 2.21. The number of non-ortho nitro benzene ring substituents is 1. The number of ether oxygens (including phenoxy) is 1. The molecule has 136 valence electrons. The Morgan fingerprint density at radius 3 is 2.78 bits per heavy atom. The number of hydrogen-bond acceptors (Lipinski definition) is 6. The van der Waals surface area contributed by atoms with E-state index in [1.54, 1.807) is 24.3 Å². The lowest BCUT2D eigenvalue weighted by atomic mass is 10.2. The SMILES string of the molecule is COc1ccc2oc(=O)c(NC(=O)/C=C/c3cccc([N+](=O)[O-])c3)cc2c1. The van der Waals surface area contributed by atoms with Gasteiger partial charge in [-0.3, -0.25) is 14.9 Å². The lowest BCUT2D eigenvalue weighted by Crippen LogP contribution is -2.15. The summed E-state index contributed by atoms with van der Waals surface area (Å²) in [4.78, 5) is 34.3. The molecule has 0 fully saturated rings. The summed E-state index contributed by atoms with van der Waals surface area (Å²) in [5.41, 5.74) is 0.0523. The third-order valence-electron chi connectivity index (χ3n) is 3.71. The van der Waals surface area contributed by atoms with Crippen LogP contribution in [0.3, 0.4) is 0 Å². The minimum atomic E-state index is -0.690. The number of fused-ring (bicyclic) bond motifs is 1. The normalized spacial score (nSPS) is 10.9. The van der Waals surface area contributed by atoms with E-state index in [1.165, 1.54) is 43.5 Å². The van der Waals surface area contributed by atoms with Crippen molar-refractivity contribution in [3.05, 3.63) is 80.7 Å². The van der Waals surface area contributed by atoms with Crippen LogP contribution in [-0.2, 0) is 4.79 Å². The van der Waals surface area contributed by atoms with Crippen LogP contribution in [0.2, 0.25) is 0 Å². The van der Waals surface area contributed by atoms with Crippen LogP contribution in [0.4, 0.5) is 11.4 Å². The van der Waals surface area contributed by atoms with Crippen molar-refractivity contribution < 1.29 is 18.9 Å². The van der Waals surface area contributed by atoms with Crippen molar-refractivity contribution in [2.75, 3.05) is 12.4 Å². The molecule has 8 nitrogen and oxygen atoms in total. The van der Waals surface area contributed by atoms with E-state index < -0.39 is 16.5 Å². The van der Waals surface area contributed by atoms with Crippen LogP contribution in [0.15, 0.2) is 63.8 Å². The zero-order chi connectivity index (χ0) is 19.4. The van der Waals surface area contributed by atoms with Crippen LogP contribution >= 0.6 is 0 Å². The van der Waals surface area contributed by atoms with Gasteiger partial charge in [-0.15, -0.1) is 0 Å². The Bertz CT molecular complexity index is 1120. The minimum absolute atomic E-state index is 0.0237. The fraction of sp³-hybridized carbons (Fsp3) is 0.0526. The highest BCUT2D eigenvalue weighted by Gasteiger charge is 2.09. The average molecular weight is 366 g/mol. The van der Waals surface area contributed by atoms with Gasteiger partial charge in [0.1, 0.15) is 17.0 Å². The average Bonchev–Trinajstić information content (AvgIpc) is 2.67. The number of methoxy groups -OCH3 is 1. The van der Waals surface area contributed by atoms with Crippen molar-refractivity contribution in [2.45, 2.75) is 0 Å². The molecule has 1 aromatic heterocycles. The van der Waals surface area contributed by atoms with E-state index >= 15 is 0 Å². The molecule has 0 bridgehead atoms. The molecule has 0 spiro atoms. The summed E-state index contributed by atoms with van der Waals surface area (Å²) < 4.78 is 10.3. The van der Waals surface area contributed by atoms with Gasteiger partial charge in [0.2, 0.25) is 5.91 Å². The fourth-order valence-corrected chi connectivity index (χ4v) is 2.40. The van der Waals surface area contributed by atoms with E-state index in [0.717, 1.165) is 0 Å². The summed E-state index contributed by atoms with van der Waals surface area (Å²) in [6, 6.07) is 12.2. The largest absolute Gasteiger partial charge is 0.497 e. The molecule has 0 saturated heterocycles. The van der Waals surface area contributed by atoms with Gasteiger partial charge in [-0.2, -0.15) is 0 Å². The predicted octanol–water partition coefficient (Wildman–Crippen LogP) is 3.36. The highest BCUT2D eigenvalue weighted by atomic mass is 16.6. The lowest BCUT2D eigenvalue weighted by molar-refractivity contribution is -0.384. The number of amides is 1. The Kier molecular flexibility index (Phi) is 4.98. The number of nitrogens with one attached hydrogen (secondary N) is 1. The standard InChI is InChI=1S/C19H14N2O6/c1-26-15-6-7-17-13(10-15)11-16(19(23)27-17)20-18(22)8-5-12-3-2-4-14(9-12)21(24)25/h2-11H,1H3,(H,20,22)/b8-5+. The molecule has 0 saturated carbocycles. The zero-order valence-electron chi connectivity index (χ0n) is 14.2. The predicted molar refractivity (Wildman–Crippen MR) is 99.8 cm³/mol. The van der Waals surface area contributed by atoms with Gasteiger partial charge in [0.15, 0.2) is 0 Å². The Morgan fingerprint density at radius 2 is 2.04 bits per heavy atom. The van der Waals surface area contributed by atoms with Crippen molar-refractivity contribution in [3.63, 3.8) is 0 Å². The summed E-state index contributed by atoms with van der Waals surface area (Å²) in [5, 5.41) is 13.8. The summed E-state index contributed by atoms with van der Waals surface area (Å²) >= 11 is 0. The number of nitro groups is 1. The van der Waals surface area contributed by atoms with E-state index in [0.29, 0.717) is 22.3 Å². The fourth-order valence-electron chi connectivity index (χ4n) is 2.40. The van der Waals surface area contributed by atoms with E-state index in [2.05, 4.69) is 5.32 Å². The van der Waals surface area contributed by atoms with Gasteiger partial charge in [0, 0.05) is 23.6 Å². The molecule has 3 rings (SSSR count). The maximum atomic E-state index is 12.1. The second-order valence-electron chi connectivity index (χ2n) is 5.53. The zero-order valence-corrected chi connectivity index (χ0v) is 14.2. The molecule has 27 heavy (non-hydrogen) atoms. The Hall–Kier alpha value is -3.94. The first kappa shape index (κ1) is 17.9. The molecule has 0 atom stereocenters. The van der Waals surface area contributed by atoms with Crippen molar-refractivity contribution in [3.8, 4) is 5.75 Å². The minimum Gasteiger partial charge on any atom is -0.497 e. The molecular formula is C19H14N2O6. The molecule has 1 amide bonds. The molecule has 0 radical (unpaired) electrons. The topological polar surface area (TPSA) is 112 Å². The molecule has 8 heteroatoms. The van der Waals surface area contributed by atoms with Crippen molar-refractivity contribution in [1.82, 2.24) is 0 Å². The Morgan fingerprint density at radius 1 is 1.22 bits per heavy atom. The lowest BCUT2D eigenvalue weighted by Gasteiger charge is -2.04. The van der Waals surface area contributed by atoms with Gasteiger partial charge in [0.25, 0.3) is 5.69 Å². The molecule has 2 aromatic carbocycles. The number of carbonyl (C=O) groups excluding carboxylic acids is 1. The van der Waals surface area contributed by atoms with Crippen molar-refractivity contribution in [1.29, 1.82) is 0 Å². The van der Waals surface area contributed by atoms with Gasteiger partial charge in [-0.05, 0) is 35.9 Å². The molecule has 0 aliphatic heterocycles. The first-order valence-corrected chi connectivity index (χ1v) is 7.82. The van der Waals surface area contributed by atoms with Gasteiger partial charge < -0.3 is 14.5 Å². The smallest absolute Gasteiger partial charge is 0.360 e. The Labute approximate surface area is 152 Å². The molecule has 0 aliphatic carbocycles. The van der Waals surface area contributed by atoms with E-state index in [9.17, 15) is 19.7 Å². The van der Waals surface area contributed by atoms with Gasteiger partial charge in [-0.1, -0.05) is 12.1 Å². The summed E-state index contributed by atoms with van der Waals surface area (Å²) in [6.07, 6.45) is 2.59. The molecule has 3 aromatic rings. The Balaban J connectivity index is 1.81.